The molecule has 27 heavy (non-hydrogen) atoms. The van der Waals surface area contributed by atoms with E-state index in [0.717, 1.165) is 70.8 Å². The molecule has 142 valence electrons. The average Bonchev–Trinajstić information content (AvgIpc) is 2.76. The van der Waals surface area contributed by atoms with E-state index in [9.17, 15) is 0 Å². The number of hydrogen-bond acceptors (Lipinski definition) is 6. The van der Waals surface area contributed by atoms with Gasteiger partial charge in [-0.05, 0) is 11.6 Å². The van der Waals surface area contributed by atoms with Gasteiger partial charge in [0, 0.05) is 52.0 Å². The Morgan fingerprint density at radius 2 is 1.67 bits per heavy atom. The fourth-order valence-electron chi connectivity index (χ4n) is 3.49. The average molecular weight is 365 g/mol. The smallest absolute Gasteiger partial charge is 0.227 e. The number of piperazine rings is 1. The van der Waals surface area contributed by atoms with Crippen molar-refractivity contribution in [2.24, 2.45) is 0 Å². The molecular formula is C21H27N5O. The van der Waals surface area contributed by atoms with Crippen LogP contribution in [0.3, 0.4) is 0 Å². The Morgan fingerprint density at radius 3 is 2.44 bits per heavy atom. The predicted molar refractivity (Wildman–Crippen MR) is 109 cm³/mol. The van der Waals surface area contributed by atoms with Gasteiger partial charge >= 0.3 is 0 Å². The minimum atomic E-state index is 0.753. The highest BCUT2D eigenvalue weighted by Gasteiger charge is 2.19. The van der Waals surface area contributed by atoms with Gasteiger partial charge in [-0.2, -0.15) is 4.98 Å². The Labute approximate surface area is 161 Å². The monoisotopic (exact) mass is 365 g/mol. The highest BCUT2D eigenvalue weighted by atomic mass is 16.5. The van der Waals surface area contributed by atoms with Gasteiger partial charge in [-0.25, -0.2) is 4.98 Å². The van der Waals surface area contributed by atoms with Crippen molar-refractivity contribution in [3.05, 3.63) is 54.2 Å². The van der Waals surface area contributed by atoms with Gasteiger partial charge in [0.15, 0.2) is 0 Å². The summed E-state index contributed by atoms with van der Waals surface area (Å²) in [6, 6.07) is 12.5. The fraction of sp³-hybridized carbons (Fsp3) is 0.429. The van der Waals surface area contributed by atoms with E-state index in [1.165, 1.54) is 5.56 Å². The lowest BCUT2D eigenvalue weighted by Gasteiger charge is -2.35. The molecule has 0 atom stereocenters. The van der Waals surface area contributed by atoms with Crippen LogP contribution in [0.15, 0.2) is 48.7 Å². The maximum absolute atomic E-state index is 5.42. The van der Waals surface area contributed by atoms with Crippen LogP contribution in [0.1, 0.15) is 5.56 Å². The molecule has 0 unspecified atom stereocenters. The Kier molecular flexibility index (Phi) is 5.96. The molecule has 0 saturated carbocycles. The molecule has 0 bridgehead atoms. The third-order valence-corrected chi connectivity index (χ3v) is 5.09. The first-order chi connectivity index (χ1) is 13.4. The zero-order valence-electron chi connectivity index (χ0n) is 15.7. The predicted octanol–water partition coefficient (Wildman–Crippen LogP) is 2.15. The van der Waals surface area contributed by atoms with Crippen LogP contribution < -0.4 is 9.80 Å². The number of anilines is 2. The van der Waals surface area contributed by atoms with Gasteiger partial charge in [-0.3, -0.25) is 4.90 Å². The molecule has 2 aromatic rings. The van der Waals surface area contributed by atoms with Gasteiger partial charge in [-0.1, -0.05) is 42.5 Å². The molecule has 0 N–H and O–H groups in total. The van der Waals surface area contributed by atoms with Crippen molar-refractivity contribution < 1.29 is 4.74 Å². The highest BCUT2D eigenvalue weighted by Crippen LogP contribution is 2.17. The molecule has 6 heteroatoms. The molecule has 0 aliphatic carbocycles. The maximum atomic E-state index is 5.42. The Hall–Kier alpha value is -2.44. The van der Waals surface area contributed by atoms with E-state index < -0.39 is 0 Å². The summed E-state index contributed by atoms with van der Waals surface area (Å²) < 4.78 is 5.42. The van der Waals surface area contributed by atoms with Gasteiger partial charge in [0.05, 0.1) is 13.2 Å². The number of rotatable bonds is 5. The second-order valence-electron chi connectivity index (χ2n) is 6.91. The highest BCUT2D eigenvalue weighted by molar-refractivity contribution is 5.49. The van der Waals surface area contributed by atoms with Crippen LogP contribution in [0, 0.1) is 0 Å². The Morgan fingerprint density at radius 1 is 0.889 bits per heavy atom. The van der Waals surface area contributed by atoms with Gasteiger partial charge < -0.3 is 14.5 Å². The summed E-state index contributed by atoms with van der Waals surface area (Å²) in [5, 5.41) is 0. The molecule has 2 saturated heterocycles. The van der Waals surface area contributed by atoms with Crippen molar-refractivity contribution in [1.29, 1.82) is 0 Å². The van der Waals surface area contributed by atoms with E-state index in [2.05, 4.69) is 56.1 Å². The van der Waals surface area contributed by atoms with Crippen LogP contribution in [-0.2, 0) is 4.74 Å². The lowest BCUT2D eigenvalue weighted by molar-refractivity contribution is 0.122. The molecule has 6 nitrogen and oxygen atoms in total. The lowest BCUT2D eigenvalue weighted by atomic mass is 10.2. The summed E-state index contributed by atoms with van der Waals surface area (Å²) in [4.78, 5) is 16.3. The van der Waals surface area contributed by atoms with Crippen LogP contribution in [0.2, 0.25) is 0 Å². The van der Waals surface area contributed by atoms with Crippen molar-refractivity contribution in [1.82, 2.24) is 14.9 Å². The van der Waals surface area contributed by atoms with Crippen LogP contribution >= 0.6 is 0 Å². The summed E-state index contributed by atoms with van der Waals surface area (Å²) in [7, 11) is 0. The Bertz CT molecular complexity index is 737. The van der Waals surface area contributed by atoms with Gasteiger partial charge in [0.25, 0.3) is 0 Å². The van der Waals surface area contributed by atoms with Gasteiger partial charge in [0.1, 0.15) is 5.82 Å². The molecule has 0 spiro atoms. The zero-order chi connectivity index (χ0) is 18.3. The van der Waals surface area contributed by atoms with E-state index in [1.807, 2.05) is 18.3 Å². The second kappa shape index (κ2) is 8.97. The molecule has 1 aromatic heterocycles. The number of aromatic nitrogens is 2. The molecule has 0 radical (unpaired) electrons. The van der Waals surface area contributed by atoms with E-state index >= 15 is 0 Å². The number of ether oxygens (including phenoxy) is 1. The first-order valence-corrected chi connectivity index (χ1v) is 9.73. The van der Waals surface area contributed by atoms with Crippen molar-refractivity contribution in [2.75, 3.05) is 68.8 Å². The molecule has 2 aliphatic heterocycles. The molecule has 2 fully saturated rings. The number of hydrogen-bond donors (Lipinski definition) is 0. The SMILES string of the molecule is C(=C\c1ccccc1)/CN1CCN(c2ccnc(N3CCOCC3)n2)CC1. The van der Waals surface area contributed by atoms with Crippen LogP contribution in [0.4, 0.5) is 11.8 Å². The number of nitrogens with zero attached hydrogens (tertiary/aromatic N) is 5. The first kappa shape index (κ1) is 17.9. The molecule has 3 heterocycles. The molecule has 2 aliphatic rings. The van der Waals surface area contributed by atoms with Crippen molar-refractivity contribution >= 4 is 17.8 Å². The summed E-state index contributed by atoms with van der Waals surface area (Å²) in [6.45, 7) is 8.33. The molecular weight excluding hydrogens is 338 g/mol. The summed E-state index contributed by atoms with van der Waals surface area (Å²) in [6.07, 6.45) is 6.33. The Balaban J connectivity index is 1.29. The molecule has 4 rings (SSSR count). The fourth-order valence-corrected chi connectivity index (χ4v) is 3.49. The largest absolute Gasteiger partial charge is 0.378 e. The van der Waals surface area contributed by atoms with E-state index in [0.29, 0.717) is 0 Å². The number of morpholine rings is 1. The quantitative estimate of drug-likeness (QED) is 0.809. The summed E-state index contributed by atoms with van der Waals surface area (Å²) in [5.41, 5.74) is 1.26. The van der Waals surface area contributed by atoms with Crippen molar-refractivity contribution in [2.45, 2.75) is 0 Å². The lowest BCUT2D eigenvalue weighted by Crippen LogP contribution is -2.46. The van der Waals surface area contributed by atoms with Crippen LogP contribution in [0.5, 0.6) is 0 Å². The normalized spacial score (nSPS) is 19.0. The zero-order valence-corrected chi connectivity index (χ0v) is 15.7. The van der Waals surface area contributed by atoms with Crippen molar-refractivity contribution in [3.8, 4) is 0 Å². The first-order valence-electron chi connectivity index (χ1n) is 9.73. The number of benzene rings is 1. The van der Waals surface area contributed by atoms with Gasteiger partial charge in [-0.15, -0.1) is 0 Å². The van der Waals surface area contributed by atoms with E-state index in [1.54, 1.807) is 0 Å². The molecule has 1 aromatic carbocycles. The summed E-state index contributed by atoms with van der Waals surface area (Å²) in [5.74, 6) is 1.86. The minimum absolute atomic E-state index is 0.753. The third kappa shape index (κ3) is 4.84. The van der Waals surface area contributed by atoms with Crippen LogP contribution in [0.25, 0.3) is 6.08 Å². The molecule has 0 amide bonds. The third-order valence-electron chi connectivity index (χ3n) is 5.09. The standard InChI is InChI=1S/C21H27N5O/c1-2-5-19(6-3-1)7-4-10-24-11-13-25(14-12-24)20-8-9-22-21(23-20)26-15-17-27-18-16-26/h1-9H,10-18H2/b7-4+. The maximum Gasteiger partial charge on any atom is 0.227 e. The van der Waals surface area contributed by atoms with E-state index in [-0.39, 0.29) is 0 Å². The van der Waals surface area contributed by atoms with Gasteiger partial charge in [0.2, 0.25) is 5.95 Å². The van der Waals surface area contributed by atoms with Crippen molar-refractivity contribution in [3.63, 3.8) is 0 Å². The van der Waals surface area contributed by atoms with Crippen LogP contribution in [-0.4, -0.2) is 73.9 Å². The minimum Gasteiger partial charge on any atom is -0.378 e. The topological polar surface area (TPSA) is 44.7 Å². The van der Waals surface area contributed by atoms with E-state index in [4.69, 9.17) is 9.72 Å². The summed E-state index contributed by atoms with van der Waals surface area (Å²) >= 11 is 0. The second-order valence-corrected chi connectivity index (χ2v) is 6.91.